The van der Waals surface area contributed by atoms with E-state index in [-0.39, 0.29) is 5.60 Å². The highest BCUT2D eigenvalue weighted by atomic mass is 35.5. The standard InChI is InChI=1S/C16H22ClNO/c1-12-14(17)5-4-6-15(12)18-11-13-7-10-16(19-13)8-2-3-9-16/h4-6,13,18H,2-3,7-11H2,1H3. The molecular weight excluding hydrogens is 258 g/mol. The van der Waals surface area contributed by atoms with Crippen molar-refractivity contribution in [3.05, 3.63) is 28.8 Å². The molecule has 1 aromatic rings. The molecule has 1 aromatic carbocycles. The summed E-state index contributed by atoms with van der Waals surface area (Å²) < 4.78 is 6.31. The van der Waals surface area contributed by atoms with Gasteiger partial charge in [0.1, 0.15) is 0 Å². The van der Waals surface area contributed by atoms with Crippen LogP contribution in [0.15, 0.2) is 18.2 Å². The van der Waals surface area contributed by atoms with Gasteiger partial charge in [-0.15, -0.1) is 0 Å². The number of nitrogens with one attached hydrogen (secondary N) is 1. The van der Waals surface area contributed by atoms with Gasteiger partial charge in [-0.25, -0.2) is 0 Å². The van der Waals surface area contributed by atoms with Crippen LogP contribution in [0.25, 0.3) is 0 Å². The van der Waals surface area contributed by atoms with Gasteiger partial charge >= 0.3 is 0 Å². The molecule has 104 valence electrons. The third-order valence-electron chi connectivity index (χ3n) is 4.64. The van der Waals surface area contributed by atoms with Gasteiger partial charge in [0, 0.05) is 17.3 Å². The second-order valence-electron chi connectivity index (χ2n) is 5.96. The molecule has 0 amide bonds. The molecule has 1 atom stereocenters. The minimum atomic E-state index is 0.232. The van der Waals surface area contributed by atoms with Crippen LogP contribution in [0.1, 0.15) is 44.1 Å². The van der Waals surface area contributed by atoms with Gasteiger partial charge in [-0.3, -0.25) is 0 Å². The predicted molar refractivity (Wildman–Crippen MR) is 80.0 cm³/mol. The molecule has 19 heavy (non-hydrogen) atoms. The van der Waals surface area contributed by atoms with Crippen molar-refractivity contribution in [2.45, 2.75) is 57.2 Å². The van der Waals surface area contributed by atoms with Crippen LogP contribution in [0.2, 0.25) is 5.02 Å². The van der Waals surface area contributed by atoms with Crippen molar-refractivity contribution in [3.8, 4) is 0 Å². The largest absolute Gasteiger partial charge is 0.382 e. The minimum Gasteiger partial charge on any atom is -0.382 e. The number of hydrogen-bond donors (Lipinski definition) is 1. The smallest absolute Gasteiger partial charge is 0.0756 e. The maximum absolute atomic E-state index is 6.31. The fraction of sp³-hybridized carbons (Fsp3) is 0.625. The molecule has 2 fully saturated rings. The topological polar surface area (TPSA) is 21.3 Å². The molecule has 2 nitrogen and oxygen atoms in total. The maximum Gasteiger partial charge on any atom is 0.0756 e. The Kier molecular flexibility index (Phi) is 3.72. The SMILES string of the molecule is Cc1c(Cl)cccc1NCC1CCC2(CCCC2)O1. The van der Waals surface area contributed by atoms with Crippen LogP contribution in [-0.2, 0) is 4.74 Å². The van der Waals surface area contributed by atoms with Crippen molar-refractivity contribution in [2.24, 2.45) is 0 Å². The van der Waals surface area contributed by atoms with Gasteiger partial charge in [0.25, 0.3) is 0 Å². The van der Waals surface area contributed by atoms with Crippen LogP contribution < -0.4 is 5.32 Å². The molecule has 3 rings (SSSR count). The Bertz CT molecular complexity index is 454. The summed E-state index contributed by atoms with van der Waals surface area (Å²) in [5, 5.41) is 4.32. The van der Waals surface area contributed by atoms with Gasteiger partial charge < -0.3 is 10.1 Å². The summed E-state index contributed by atoms with van der Waals surface area (Å²) in [4.78, 5) is 0. The van der Waals surface area contributed by atoms with Crippen LogP contribution in [-0.4, -0.2) is 18.2 Å². The Labute approximate surface area is 120 Å². The third-order valence-corrected chi connectivity index (χ3v) is 5.05. The first kappa shape index (κ1) is 13.3. The molecule has 0 bridgehead atoms. The zero-order chi connectivity index (χ0) is 13.3. The van der Waals surface area contributed by atoms with Crippen LogP contribution in [0.4, 0.5) is 5.69 Å². The second-order valence-corrected chi connectivity index (χ2v) is 6.37. The fourth-order valence-corrected chi connectivity index (χ4v) is 3.62. The lowest BCUT2D eigenvalue weighted by Gasteiger charge is -2.24. The van der Waals surface area contributed by atoms with Crippen LogP contribution in [0, 0.1) is 6.92 Å². The molecule has 1 unspecified atom stereocenters. The monoisotopic (exact) mass is 279 g/mol. The highest BCUT2D eigenvalue weighted by Gasteiger charge is 2.41. The van der Waals surface area contributed by atoms with Gasteiger partial charge in [-0.05, 0) is 50.3 Å². The first-order chi connectivity index (χ1) is 9.19. The van der Waals surface area contributed by atoms with Crippen molar-refractivity contribution in [2.75, 3.05) is 11.9 Å². The van der Waals surface area contributed by atoms with Gasteiger partial charge in [-0.1, -0.05) is 30.5 Å². The van der Waals surface area contributed by atoms with E-state index in [1.807, 2.05) is 12.1 Å². The lowest BCUT2D eigenvalue weighted by Crippen LogP contribution is -2.28. The first-order valence-electron chi connectivity index (χ1n) is 7.35. The molecule has 1 saturated heterocycles. The fourth-order valence-electron chi connectivity index (χ4n) is 3.45. The van der Waals surface area contributed by atoms with E-state index in [9.17, 15) is 0 Å². The lowest BCUT2D eigenvalue weighted by atomic mass is 9.98. The van der Waals surface area contributed by atoms with Crippen LogP contribution >= 0.6 is 11.6 Å². The quantitative estimate of drug-likeness (QED) is 0.876. The van der Waals surface area contributed by atoms with Gasteiger partial charge in [0.05, 0.1) is 11.7 Å². The van der Waals surface area contributed by atoms with Crippen LogP contribution in [0.5, 0.6) is 0 Å². The average Bonchev–Trinajstić information content (AvgIpc) is 3.02. The number of hydrogen-bond acceptors (Lipinski definition) is 2. The average molecular weight is 280 g/mol. The number of benzene rings is 1. The molecule has 1 aliphatic carbocycles. The minimum absolute atomic E-state index is 0.232. The van der Waals surface area contributed by atoms with E-state index in [4.69, 9.17) is 16.3 Å². The normalized spacial score (nSPS) is 25.1. The summed E-state index contributed by atoms with van der Waals surface area (Å²) in [6.45, 7) is 2.95. The van der Waals surface area contributed by atoms with E-state index >= 15 is 0 Å². The third kappa shape index (κ3) is 2.75. The molecule has 1 N–H and O–H groups in total. The second kappa shape index (κ2) is 5.34. The number of ether oxygens (including phenoxy) is 1. The lowest BCUT2D eigenvalue weighted by molar-refractivity contribution is -0.0307. The summed E-state index contributed by atoms with van der Waals surface area (Å²) in [6, 6.07) is 6.01. The highest BCUT2D eigenvalue weighted by molar-refractivity contribution is 6.31. The molecule has 3 heteroatoms. The van der Waals surface area contributed by atoms with Crippen molar-refractivity contribution in [3.63, 3.8) is 0 Å². The summed E-state index contributed by atoms with van der Waals surface area (Å²) in [6.07, 6.45) is 8.00. The zero-order valence-corrected chi connectivity index (χ0v) is 12.3. The van der Waals surface area contributed by atoms with E-state index < -0.39 is 0 Å². The highest BCUT2D eigenvalue weighted by Crippen LogP contribution is 2.43. The number of anilines is 1. The van der Waals surface area contributed by atoms with Crippen molar-refractivity contribution >= 4 is 17.3 Å². The van der Waals surface area contributed by atoms with E-state index in [0.29, 0.717) is 6.10 Å². The zero-order valence-electron chi connectivity index (χ0n) is 11.5. The Hall–Kier alpha value is -0.730. The summed E-state index contributed by atoms with van der Waals surface area (Å²) in [7, 11) is 0. The molecule has 0 aromatic heterocycles. The molecular formula is C16H22ClNO. The van der Waals surface area contributed by atoms with E-state index in [1.165, 1.54) is 38.5 Å². The number of halogens is 1. The summed E-state index contributed by atoms with van der Waals surface area (Å²) in [5.41, 5.74) is 2.48. The molecule has 1 heterocycles. The van der Waals surface area contributed by atoms with Gasteiger partial charge in [-0.2, -0.15) is 0 Å². The van der Waals surface area contributed by atoms with E-state index in [1.54, 1.807) is 0 Å². The molecule has 1 saturated carbocycles. The predicted octanol–water partition coefficient (Wildman–Crippen LogP) is 4.55. The molecule has 0 radical (unpaired) electrons. The summed E-state index contributed by atoms with van der Waals surface area (Å²) in [5.74, 6) is 0. The molecule has 1 aliphatic heterocycles. The molecule has 1 spiro atoms. The van der Waals surface area contributed by atoms with E-state index in [2.05, 4.69) is 18.3 Å². The maximum atomic E-state index is 6.31. The Morgan fingerprint density at radius 1 is 1.32 bits per heavy atom. The Balaban J connectivity index is 1.57. The van der Waals surface area contributed by atoms with Gasteiger partial charge in [0.2, 0.25) is 0 Å². The number of rotatable bonds is 3. The Morgan fingerprint density at radius 2 is 2.11 bits per heavy atom. The molecule has 2 aliphatic rings. The van der Waals surface area contributed by atoms with E-state index in [0.717, 1.165) is 22.8 Å². The van der Waals surface area contributed by atoms with Gasteiger partial charge in [0.15, 0.2) is 0 Å². The van der Waals surface area contributed by atoms with Crippen molar-refractivity contribution in [1.29, 1.82) is 0 Å². The first-order valence-corrected chi connectivity index (χ1v) is 7.73. The van der Waals surface area contributed by atoms with Crippen molar-refractivity contribution < 1.29 is 4.74 Å². The van der Waals surface area contributed by atoms with Crippen LogP contribution in [0.3, 0.4) is 0 Å². The summed E-state index contributed by atoms with van der Waals surface area (Å²) >= 11 is 6.14. The van der Waals surface area contributed by atoms with Crippen molar-refractivity contribution in [1.82, 2.24) is 0 Å². The Morgan fingerprint density at radius 3 is 2.89 bits per heavy atom.